The van der Waals surface area contributed by atoms with Gasteiger partial charge in [0, 0.05) is 0 Å². The van der Waals surface area contributed by atoms with E-state index in [-0.39, 0.29) is 17.6 Å². The van der Waals surface area contributed by atoms with Crippen molar-refractivity contribution in [1.82, 2.24) is 9.55 Å². The van der Waals surface area contributed by atoms with E-state index in [1.54, 1.807) is 4.57 Å². The third-order valence-electron chi connectivity index (χ3n) is 2.30. The Hall–Kier alpha value is -1.96. The molecular weight excluding hydrogens is 206 g/mol. The Morgan fingerprint density at radius 3 is 3.00 bits per heavy atom. The molecule has 0 aliphatic carbocycles. The SMILES string of the molecule is C#CC(CCC)n1cnc(C(=O)OC)c1N. The summed E-state index contributed by atoms with van der Waals surface area (Å²) in [4.78, 5) is 15.2. The molecule has 5 heteroatoms. The van der Waals surface area contributed by atoms with Crippen LogP contribution < -0.4 is 5.73 Å². The summed E-state index contributed by atoms with van der Waals surface area (Å²) in [6.07, 6.45) is 8.60. The lowest BCUT2D eigenvalue weighted by Crippen LogP contribution is -2.11. The molecular formula is C11H15N3O2. The lowest BCUT2D eigenvalue weighted by Gasteiger charge is -2.12. The topological polar surface area (TPSA) is 70.1 Å². The fourth-order valence-corrected chi connectivity index (χ4v) is 1.45. The highest BCUT2D eigenvalue weighted by Crippen LogP contribution is 2.20. The van der Waals surface area contributed by atoms with Gasteiger partial charge in [-0.15, -0.1) is 6.42 Å². The molecule has 0 aliphatic rings. The molecule has 0 amide bonds. The van der Waals surface area contributed by atoms with Gasteiger partial charge in [0.2, 0.25) is 0 Å². The van der Waals surface area contributed by atoms with Gasteiger partial charge in [-0.05, 0) is 6.42 Å². The molecule has 0 radical (unpaired) electrons. The standard InChI is InChI=1S/C11H15N3O2/c1-4-6-8(5-2)14-7-13-9(10(14)12)11(15)16-3/h2,7-8H,4,6,12H2,1,3H3. The smallest absolute Gasteiger partial charge is 0.360 e. The number of terminal acetylenes is 1. The summed E-state index contributed by atoms with van der Waals surface area (Å²) in [6, 6.07) is -0.170. The van der Waals surface area contributed by atoms with Crippen LogP contribution in [-0.2, 0) is 4.74 Å². The van der Waals surface area contributed by atoms with Crippen LogP contribution in [0.3, 0.4) is 0 Å². The Kier molecular flexibility index (Phi) is 3.95. The summed E-state index contributed by atoms with van der Waals surface area (Å²) in [5.74, 6) is 2.32. The van der Waals surface area contributed by atoms with Crippen LogP contribution in [-0.4, -0.2) is 22.6 Å². The first-order chi connectivity index (χ1) is 7.65. The van der Waals surface area contributed by atoms with Gasteiger partial charge in [-0.25, -0.2) is 9.78 Å². The highest BCUT2D eigenvalue weighted by Gasteiger charge is 2.19. The first-order valence-electron chi connectivity index (χ1n) is 5.02. The van der Waals surface area contributed by atoms with Gasteiger partial charge in [-0.1, -0.05) is 19.3 Å². The van der Waals surface area contributed by atoms with Crippen LogP contribution in [0.5, 0.6) is 0 Å². The number of hydrogen-bond acceptors (Lipinski definition) is 4. The van der Waals surface area contributed by atoms with Crippen molar-refractivity contribution in [1.29, 1.82) is 0 Å². The van der Waals surface area contributed by atoms with Gasteiger partial charge in [0.1, 0.15) is 5.82 Å². The summed E-state index contributed by atoms with van der Waals surface area (Å²) in [6.45, 7) is 2.03. The minimum Gasteiger partial charge on any atom is -0.464 e. The van der Waals surface area contributed by atoms with E-state index < -0.39 is 5.97 Å². The highest BCUT2D eigenvalue weighted by molar-refractivity contribution is 5.92. The molecule has 1 atom stereocenters. The molecule has 86 valence electrons. The molecule has 0 saturated carbocycles. The zero-order chi connectivity index (χ0) is 12.1. The number of imidazole rings is 1. The fraction of sp³-hybridized carbons (Fsp3) is 0.455. The van der Waals surface area contributed by atoms with Crippen LogP contribution in [0.1, 0.15) is 36.3 Å². The van der Waals surface area contributed by atoms with Crippen molar-refractivity contribution in [2.45, 2.75) is 25.8 Å². The monoisotopic (exact) mass is 221 g/mol. The molecule has 1 aromatic rings. The lowest BCUT2D eigenvalue weighted by atomic mass is 10.2. The van der Waals surface area contributed by atoms with Crippen LogP contribution in [0, 0.1) is 12.3 Å². The molecule has 0 bridgehead atoms. The zero-order valence-electron chi connectivity index (χ0n) is 9.43. The predicted octanol–water partition coefficient (Wildman–Crippen LogP) is 1.23. The van der Waals surface area contributed by atoms with E-state index >= 15 is 0 Å². The number of methoxy groups -OCH3 is 1. The maximum absolute atomic E-state index is 11.3. The fourth-order valence-electron chi connectivity index (χ4n) is 1.45. The zero-order valence-corrected chi connectivity index (χ0v) is 9.43. The molecule has 1 heterocycles. The van der Waals surface area contributed by atoms with E-state index in [1.807, 2.05) is 6.92 Å². The summed E-state index contributed by atoms with van der Waals surface area (Å²) in [5, 5.41) is 0. The number of nitrogens with two attached hydrogens (primary N) is 1. The van der Waals surface area contributed by atoms with Crippen LogP contribution in [0.25, 0.3) is 0 Å². The van der Waals surface area contributed by atoms with Gasteiger partial charge < -0.3 is 15.0 Å². The minimum absolute atomic E-state index is 0.110. The van der Waals surface area contributed by atoms with Crippen molar-refractivity contribution in [2.24, 2.45) is 0 Å². The highest BCUT2D eigenvalue weighted by atomic mass is 16.5. The Bertz CT molecular complexity index is 417. The van der Waals surface area contributed by atoms with Crippen molar-refractivity contribution in [3.05, 3.63) is 12.0 Å². The number of esters is 1. The number of ether oxygens (including phenoxy) is 1. The second-order valence-corrected chi connectivity index (χ2v) is 3.35. The lowest BCUT2D eigenvalue weighted by molar-refractivity contribution is 0.0596. The average molecular weight is 221 g/mol. The largest absolute Gasteiger partial charge is 0.464 e. The van der Waals surface area contributed by atoms with Gasteiger partial charge in [0.15, 0.2) is 5.69 Å². The molecule has 16 heavy (non-hydrogen) atoms. The molecule has 0 aliphatic heterocycles. The van der Waals surface area contributed by atoms with Gasteiger partial charge in [-0.3, -0.25) is 0 Å². The van der Waals surface area contributed by atoms with Crippen molar-refractivity contribution in [2.75, 3.05) is 12.8 Å². The summed E-state index contributed by atoms with van der Waals surface area (Å²) in [5.41, 5.74) is 5.90. The van der Waals surface area contributed by atoms with E-state index in [4.69, 9.17) is 12.2 Å². The van der Waals surface area contributed by atoms with Gasteiger partial charge in [0.25, 0.3) is 0 Å². The molecule has 0 saturated heterocycles. The maximum Gasteiger partial charge on any atom is 0.360 e. The van der Waals surface area contributed by atoms with E-state index in [0.29, 0.717) is 0 Å². The number of aromatic nitrogens is 2. The second-order valence-electron chi connectivity index (χ2n) is 3.35. The van der Waals surface area contributed by atoms with Crippen LogP contribution >= 0.6 is 0 Å². The van der Waals surface area contributed by atoms with Gasteiger partial charge >= 0.3 is 5.97 Å². The van der Waals surface area contributed by atoms with E-state index in [0.717, 1.165) is 12.8 Å². The van der Waals surface area contributed by atoms with Crippen LogP contribution in [0.4, 0.5) is 5.82 Å². The molecule has 1 aromatic heterocycles. The van der Waals surface area contributed by atoms with Gasteiger partial charge in [0.05, 0.1) is 19.5 Å². The summed E-state index contributed by atoms with van der Waals surface area (Å²) in [7, 11) is 1.28. The Labute approximate surface area is 94.6 Å². The number of hydrogen-bond donors (Lipinski definition) is 1. The third-order valence-corrected chi connectivity index (χ3v) is 2.30. The molecule has 5 nitrogen and oxygen atoms in total. The second kappa shape index (κ2) is 5.21. The van der Waals surface area contributed by atoms with Crippen molar-refractivity contribution in [3.63, 3.8) is 0 Å². The number of nitrogens with zero attached hydrogens (tertiary/aromatic N) is 2. The summed E-state index contributed by atoms with van der Waals surface area (Å²) < 4.78 is 6.18. The Balaban J connectivity index is 3.04. The van der Waals surface area contributed by atoms with Crippen LogP contribution in [0.15, 0.2) is 6.33 Å². The molecule has 0 aromatic carbocycles. The Morgan fingerprint density at radius 2 is 2.50 bits per heavy atom. The van der Waals surface area contributed by atoms with E-state index in [1.165, 1.54) is 13.4 Å². The van der Waals surface area contributed by atoms with Gasteiger partial charge in [-0.2, -0.15) is 0 Å². The van der Waals surface area contributed by atoms with Crippen molar-refractivity contribution < 1.29 is 9.53 Å². The molecule has 1 rings (SSSR count). The number of carbonyl (C=O) groups is 1. The van der Waals surface area contributed by atoms with Crippen molar-refractivity contribution >= 4 is 11.8 Å². The molecule has 2 N–H and O–H groups in total. The first kappa shape index (κ1) is 12.1. The van der Waals surface area contributed by atoms with E-state index in [9.17, 15) is 4.79 Å². The normalized spacial score (nSPS) is 11.8. The number of anilines is 1. The molecule has 0 fully saturated rings. The van der Waals surface area contributed by atoms with Crippen molar-refractivity contribution in [3.8, 4) is 12.3 Å². The minimum atomic E-state index is -0.552. The summed E-state index contributed by atoms with van der Waals surface area (Å²) >= 11 is 0. The third kappa shape index (κ3) is 2.16. The van der Waals surface area contributed by atoms with Crippen LogP contribution in [0.2, 0.25) is 0 Å². The molecule has 0 spiro atoms. The average Bonchev–Trinajstić information content (AvgIpc) is 2.67. The Morgan fingerprint density at radius 1 is 1.81 bits per heavy atom. The van der Waals surface area contributed by atoms with E-state index in [2.05, 4.69) is 15.6 Å². The number of rotatable bonds is 4. The first-order valence-corrected chi connectivity index (χ1v) is 5.02. The number of carbonyl (C=O) groups excluding carboxylic acids is 1. The quantitative estimate of drug-likeness (QED) is 0.613. The number of nitrogen functional groups attached to an aromatic ring is 1. The predicted molar refractivity (Wildman–Crippen MR) is 60.8 cm³/mol. The maximum atomic E-state index is 11.3. The molecule has 1 unspecified atom stereocenters.